The van der Waals surface area contributed by atoms with Crippen molar-refractivity contribution in [1.82, 2.24) is 9.97 Å². The minimum atomic E-state index is 0.282. The summed E-state index contributed by atoms with van der Waals surface area (Å²) in [7, 11) is 0. The van der Waals surface area contributed by atoms with E-state index in [2.05, 4.69) is 152 Å². The molecule has 8 aromatic carbocycles. The number of rotatable bonds is 9. The van der Waals surface area contributed by atoms with E-state index in [0.29, 0.717) is 11.4 Å². The zero-order valence-electron chi connectivity index (χ0n) is 32.3. The molecule has 59 heavy (non-hydrogen) atoms. The highest BCUT2D eigenvalue weighted by molar-refractivity contribution is 6.14. The van der Waals surface area contributed by atoms with E-state index >= 15 is 0 Å². The van der Waals surface area contributed by atoms with E-state index in [4.69, 9.17) is 18.8 Å². The van der Waals surface area contributed by atoms with Crippen LogP contribution >= 0.6 is 0 Å². The molecular formula is C55H38N2O2. The molecule has 0 aliphatic carbocycles. The highest BCUT2D eigenvalue weighted by atomic mass is 16.3. The maximum atomic E-state index is 6.57. The lowest BCUT2D eigenvalue weighted by atomic mass is 9.85. The Kier molecular flexibility index (Phi) is 8.66. The first-order chi connectivity index (χ1) is 29.2. The largest absolute Gasteiger partial charge is 0.456 e. The average Bonchev–Trinajstić information content (AvgIpc) is 3.88. The van der Waals surface area contributed by atoms with E-state index < -0.39 is 0 Å². The van der Waals surface area contributed by atoms with Crippen molar-refractivity contribution < 1.29 is 8.83 Å². The summed E-state index contributed by atoms with van der Waals surface area (Å²) in [6, 6.07) is 70.5. The van der Waals surface area contributed by atoms with E-state index in [1.54, 1.807) is 0 Å². The first-order valence-electron chi connectivity index (χ1n) is 20.2. The van der Waals surface area contributed by atoms with Gasteiger partial charge in [0.1, 0.15) is 28.0 Å². The highest BCUT2D eigenvalue weighted by Gasteiger charge is 2.22. The lowest BCUT2D eigenvalue weighted by molar-refractivity contribution is 0.667. The van der Waals surface area contributed by atoms with E-state index in [-0.39, 0.29) is 5.92 Å². The molecule has 11 rings (SSSR count). The van der Waals surface area contributed by atoms with Crippen molar-refractivity contribution in [3.8, 4) is 44.9 Å². The van der Waals surface area contributed by atoms with Gasteiger partial charge in [0.15, 0.2) is 11.4 Å². The molecule has 1 unspecified atom stereocenters. The van der Waals surface area contributed by atoms with Crippen LogP contribution in [0.5, 0.6) is 0 Å². The van der Waals surface area contributed by atoms with Gasteiger partial charge >= 0.3 is 0 Å². The van der Waals surface area contributed by atoms with Crippen LogP contribution in [0.3, 0.4) is 0 Å². The fourth-order valence-corrected chi connectivity index (χ4v) is 8.62. The molecule has 0 saturated carbocycles. The normalized spacial score (nSPS) is 12.1. The van der Waals surface area contributed by atoms with E-state index in [0.717, 1.165) is 79.2 Å². The van der Waals surface area contributed by atoms with Gasteiger partial charge in [-0.25, -0.2) is 9.97 Å². The van der Waals surface area contributed by atoms with Gasteiger partial charge in [0.25, 0.3) is 0 Å². The molecule has 0 fully saturated rings. The summed E-state index contributed by atoms with van der Waals surface area (Å²) in [6.07, 6.45) is 1.94. The molecule has 4 heteroatoms. The molecule has 0 spiro atoms. The van der Waals surface area contributed by atoms with Crippen molar-refractivity contribution in [2.24, 2.45) is 0 Å². The molecule has 0 aliphatic heterocycles. The smallest absolute Gasteiger partial charge is 0.180 e. The number of nitrogens with zero attached hydrogens (tertiary/aromatic N) is 2. The molecule has 0 N–H and O–H groups in total. The fourth-order valence-electron chi connectivity index (χ4n) is 8.62. The second-order valence-electron chi connectivity index (χ2n) is 15.2. The van der Waals surface area contributed by atoms with Gasteiger partial charge < -0.3 is 8.83 Å². The van der Waals surface area contributed by atoms with Crippen LogP contribution in [0.1, 0.15) is 29.0 Å². The minimum Gasteiger partial charge on any atom is -0.456 e. The van der Waals surface area contributed by atoms with Crippen molar-refractivity contribution in [3.05, 3.63) is 217 Å². The van der Waals surface area contributed by atoms with Gasteiger partial charge in [0.2, 0.25) is 0 Å². The van der Waals surface area contributed by atoms with Gasteiger partial charge in [-0.2, -0.15) is 0 Å². The predicted octanol–water partition coefficient (Wildman–Crippen LogP) is 14.7. The number of furan rings is 2. The first kappa shape index (κ1) is 34.7. The zero-order valence-corrected chi connectivity index (χ0v) is 32.3. The number of para-hydroxylation sites is 2. The number of hydrogen-bond donors (Lipinski definition) is 0. The van der Waals surface area contributed by atoms with Gasteiger partial charge in [-0.1, -0.05) is 170 Å². The highest BCUT2D eigenvalue weighted by Crippen LogP contribution is 2.42. The van der Waals surface area contributed by atoms with Gasteiger partial charge in [-0.05, 0) is 82.1 Å². The SMILES string of the molecule is c1ccc(-c2ccc(C(CCc3ccc(-c4cc(-c5nc(-c6ccccc6)c6oc7ccccc7c6n5)c5c(c4)oc4ccccc45)cc3)c3ccccc3)cc2)cc1. The van der Waals surface area contributed by atoms with E-state index in [1.165, 1.54) is 27.8 Å². The lowest BCUT2D eigenvalue weighted by Gasteiger charge is -2.19. The molecule has 0 amide bonds. The zero-order chi connectivity index (χ0) is 39.1. The van der Waals surface area contributed by atoms with Crippen LogP contribution in [0.2, 0.25) is 0 Å². The van der Waals surface area contributed by atoms with Gasteiger partial charge in [0.05, 0.1) is 0 Å². The van der Waals surface area contributed by atoms with Crippen LogP contribution in [0, 0.1) is 0 Å². The first-order valence-corrected chi connectivity index (χ1v) is 20.2. The molecular weight excluding hydrogens is 721 g/mol. The Morgan fingerprint density at radius 1 is 0.424 bits per heavy atom. The van der Waals surface area contributed by atoms with E-state index in [1.807, 2.05) is 48.5 Å². The summed E-state index contributed by atoms with van der Waals surface area (Å²) in [5.74, 6) is 0.908. The standard InChI is InChI=1S/C55H38N2O2/c1-4-14-37(15-5-1)38-29-31-41(32-30-38)44(40-16-6-2-7-17-40)33-26-36-24-27-39(28-25-36)43-34-47(51-45-20-10-12-22-48(45)58-50(51)35-43)55-56-52(42-18-8-3-9-19-42)54-53(57-55)46-21-11-13-23-49(46)59-54/h1-25,27-32,34-35,44H,26,33H2. The number of benzene rings is 8. The second-order valence-corrected chi connectivity index (χ2v) is 15.2. The molecule has 4 nitrogen and oxygen atoms in total. The molecule has 0 aliphatic rings. The summed E-state index contributed by atoms with van der Waals surface area (Å²) in [5.41, 5.74) is 15.1. The number of aromatic nitrogens is 2. The molecule has 0 radical (unpaired) electrons. The van der Waals surface area contributed by atoms with Crippen LogP contribution in [-0.2, 0) is 6.42 Å². The van der Waals surface area contributed by atoms with Crippen molar-refractivity contribution >= 4 is 44.0 Å². The monoisotopic (exact) mass is 758 g/mol. The molecule has 11 aromatic rings. The van der Waals surface area contributed by atoms with Crippen molar-refractivity contribution in [1.29, 1.82) is 0 Å². The second kappa shape index (κ2) is 14.7. The van der Waals surface area contributed by atoms with Crippen molar-refractivity contribution in [3.63, 3.8) is 0 Å². The fraction of sp³-hybridized carbons (Fsp3) is 0.0545. The number of hydrogen-bond acceptors (Lipinski definition) is 4. The topological polar surface area (TPSA) is 52.1 Å². The quantitative estimate of drug-likeness (QED) is 0.147. The van der Waals surface area contributed by atoms with Gasteiger partial charge in [-0.15, -0.1) is 0 Å². The Labute approximate surface area is 342 Å². The number of aryl methyl sites for hydroxylation is 1. The van der Waals surface area contributed by atoms with Crippen LogP contribution in [0.25, 0.3) is 88.9 Å². The third kappa shape index (κ3) is 6.45. The summed E-state index contributed by atoms with van der Waals surface area (Å²) in [4.78, 5) is 10.6. The van der Waals surface area contributed by atoms with Gasteiger partial charge in [-0.3, -0.25) is 0 Å². The Hall–Kier alpha value is -7.56. The summed E-state index contributed by atoms with van der Waals surface area (Å²) < 4.78 is 13.0. The van der Waals surface area contributed by atoms with Crippen LogP contribution in [0.15, 0.2) is 209 Å². The van der Waals surface area contributed by atoms with Crippen LogP contribution < -0.4 is 0 Å². The van der Waals surface area contributed by atoms with Gasteiger partial charge in [0, 0.05) is 33.2 Å². The Bertz CT molecular complexity index is 3240. The van der Waals surface area contributed by atoms with E-state index in [9.17, 15) is 0 Å². The third-order valence-electron chi connectivity index (χ3n) is 11.6. The minimum absolute atomic E-state index is 0.282. The summed E-state index contributed by atoms with van der Waals surface area (Å²) in [5, 5.41) is 2.99. The summed E-state index contributed by atoms with van der Waals surface area (Å²) >= 11 is 0. The Morgan fingerprint density at radius 3 is 1.71 bits per heavy atom. The Morgan fingerprint density at radius 2 is 0.983 bits per heavy atom. The van der Waals surface area contributed by atoms with Crippen LogP contribution in [0.4, 0.5) is 0 Å². The maximum absolute atomic E-state index is 6.57. The maximum Gasteiger partial charge on any atom is 0.180 e. The lowest BCUT2D eigenvalue weighted by Crippen LogP contribution is -2.03. The molecule has 3 aromatic heterocycles. The van der Waals surface area contributed by atoms with Crippen molar-refractivity contribution in [2.45, 2.75) is 18.8 Å². The predicted molar refractivity (Wildman–Crippen MR) is 241 cm³/mol. The Balaban J connectivity index is 0.968. The summed E-state index contributed by atoms with van der Waals surface area (Å²) in [6.45, 7) is 0. The third-order valence-corrected chi connectivity index (χ3v) is 11.6. The molecule has 280 valence electrons. The van der Waals surface area contributed by atoms with Crippen molar-refractivity contribution in [2.75, 3.05) is 0 Å². The number of fused-ring (bicyclic) bond motifs is 6. The average molecular weight is 759 g/mol. The molecule has 3 heterocycles. The van der Waals surface area contributed by atoms with Crippen LogP contribution in [-0.4, -0.2) is 9.97 Å². The molecule has 1 atom stereocenters. The molecule has 0 bridgehead atoms. The molecule has 0 saturated heterocycles.